The highest BCUT2D eigenvalue weighted by molar-refractivity contribution is 5.65. The standard InChI is InChI=1S/C19H18N8/c20-13-15-4-1-2-5-16(15)25-17-12-18(24-14-23-17)26-8-10-27(11-9-26)19-21-6-3-7-22-19/h1-7,12,14H,8-11H2,(H,23,24,25). The molecule has 27 heavy (non-hydrogen) atoms. The van der Waals surface area contributed by atoms with Crippen LogP contribution >= 0.6 is 0 Å². The number of nitriles is 1. The molecule has 8 nitrogen and oxygen atoms in total. The summed E-state index contributed by atoms with van der Waals surface area (Å²) in [6, 6.07) is 13.3. The molecule has 1 fully saturated rings. The van der Waals surface area contributed by atoms with Crippen molar-refractivity contribution in [1.29, 1.82) is 5.26 Å². The predicted octanol–water partition coefficient (Wildman–Crippen LogP) is 2.21. The largest absolute Gasteiger partial charge is 0.353 e. The van der Waals surface area contributed by atoms with E-state index in [9.17, 15) is 5.26 Å². The molecule has 1 aromatic carbocycles. The molecule has 1 saturated heterocycles. The predicted molar refractivity (Wildman–Crippen MR) is 103 cm³/mol. The fraction of sp³-hybridized carbons (Fsp3) is 0.211. The number of aromatic nitrogens is 4. The van der Waals surface area contributed by atoms with Gasteiger partial charge in [-0.1, -0.05) is 12.1 Å². The Labute approximate surface area is 157 Å². The van der Waals surface area contributed by atoms with Crippen molar-refractivity contribution in [2.24, 2.45) is 0 Å². The molecule has 3 heterocycles. The van der Waals surface area contributed by atoms with Crippen LogP contribution in [0.4, 0.5) is 23.3 Å². The minimum atomic E-state index is 0.578. The molecule has 0 saturated carbocycles. The summed E-state index contributed by atoms with van der Waals surface area (Å²) in [4.78, 5) is 21.7. The molecular formula is C19H18N8. The van der Waals surface area contributed by atoms with Gasteiger partial charge in [-0.2, -0.15) is 5.26 Å². The molecule has 0 atom stereocenters. The average molecular weight is 358 g/mol. The van der Waals surface area contributed by atoms with E-state index in [4.69, 9.17) is 0 Å². The van der Waals surface area contributed by atoms with Crippen molar-refractivity contribution < 1.29 is 0 Å². The third-order valence-corrected chi connectivity index (χ3v) is 4.40. The van der Waals surface area contributed by atoms with Gasteiger partial charge in [0.15, 0.2) is 0 Å². The maximum atomic E-state index is 9.23. The van der Waals surface area contributed by atoms with Gasteiger partial charge in [0.25, 0.3) is 0 Å². The van der Waals surface area contributed by atoms with Crippen molar-refractivity contribution in [2.75, 3.05) is 41.3 Å². The number of hydrogen-bond acceptors (Lipinski definition) is 8. The Bertz CT molecular complexity index is 945. The number of piperazine rings is 1. The SMILES string of the molecule is N#Cc1ccccc1Nc1cc(N2CCN(c3ncccn3)CC2)ncn1. The molecule has 0 radical (unpaired) electrons. The Hall–Kier alpha value is -3.73. The Balaban J connectivity index is 1.45. The molecule has 8 heteroatoms. The van der Waals surface area contributed by atoms with E-state index in [1.54, 1.807) is 24.8 Å². The van der Waals surface area contributed by atoms with Crippen LogP contribution in [0, 0.1) is 11.3 Å². The molecule has 0 bridgehead atoms. The summed E-state index contributed by atoms with van der Waals surface area (Å²) in [7, 11) is 0. The van der Waals surface area contributed by atoms with Crippen molar-refractivity contribution >= 4 is 23.3 Å². The molecule has 1 aliphatic rings. The van der Waals surface area contributed by atoms with Crippen molar-refractivity contribution in [2.45, 2.75) is 0 Å². The second kappa shape index (κ2) is 7.66. The monoisotopic (exact) mass is 358 g/mol. The first-order valence-electron chi connectivity index (χ1n) is 8.68. The van der Waals surface area contributed by atoms with Gasteiger partial charge in [-0.05, 0) is 18.2 Å². The molecule has 1 aliphatic heterocycles. The maximum absolute atomic E-state index is 9.23. The lowest BCUT2D eigenvalue weighted by atomic mass is 10.2. The fourth-order valence-corrected chi connectivity index (χ4v) is 3.01. The number of hydrogen-bond donors (Lipinski definition) is 1. The molecular weight excluding hydrogens is 340 g/mol. The minimum Gasteiger partial charge on any atom is -0.353 e. The van der Waals surface area contributed by atoms with Crippen molar-refractivity contribution in [1.82, 2.24) is 19.9 Å². The quantitative estimate of drug-likeness (QED) is 0.759. The van der Waals surface area contributed by atoms with Gasteiger partial charge in [-0.15, -0.1) is 0 Å². The molecule has 1 N–H and O–H groups in total. The first-order valence-corrected chi connectivity index (χ1v) is 8.68. The first-order chi connectivity index (χ1) is 13.3. The highest BCUT2D eigenvalue weighted by atomic mass is 15.3. The van der Waals surface area contributed by atoms with Crippen LogP contribution < -0.4 is 15.1 Å². The van der Waals surface area contributed by atoms with Crippen LogP contribution in [0.25, 0.3) is 0 Å². The third-order valence-electron chi connectivity index (χ3n) is 4.40. The van der Waals surface area contributed by atoms with Crippen molar-refractivity contribution in [3.05, 3.63) is 60.7 Å². The van der Waals surface area contributed by atoms with Crippen LogP contribution in [0.5, 0.6) is 0 Å². The van der Waals surface area contributed by atoms with Gasteiger partial charge in [-0.3, -0.25) is 0 Å². The number of nitrogens with zero attached hydrogens (tertiary/aromatic N) is 7. The van der Waals surface area contributed by atoms with Gasteiger partial charge < -0.3 is 15.1 Å². The van der Waals surface area contributed by atoms with Crippen LogP contribution in [-0.4, -0.2) is 46.1 Å². The van der Waals surface area contributed by atoms with E-state index in [0.717, 1.165) is 43.6 Å². The Morgan fingerprint density at radius 3 is 2.41 bits per heavy atom. The van der Waals surface area contributed by atoms with Gasteiger partial charge in [-0.25, -0.2) is 19.9 Å². The lowest BCUT2D eigenvalue weighted by molar-refractivity contribution is 0.634. The van der Waals surface area contributed by atoms with Gasteiger partial charge in [0.05, 0.1) is 11.3 Å². The lowest BCUT2D eigenvalue weighted by Crippen LogP contribution is -2.47. The molecule has 0 unspecified atom stereocenters. The fourth-order valence-electron chi connectivity index (χ4n) is 3.01. The summed E-state index contributed by atoms with van der Waals surface area (Å²) in [6.07, 6.45) is 5.06. The van der Waals surface area contributed by atoms with E-state index in [0.29, 0.717) is 11.4 Å². The summed E-state index contributed by atoms with van der Waals surface area (Å²) in [6.45, 7) is 3.30. The number of rotatable bonds is 4. The normalized spacial score (nSPS) is 13.9. The van der Waals surface area contributed by atoms with E-state index < -0.39 is 0 Å². The zero-order valence-corrected chi connectivity index (χ0v) is 14.7. The van der Waals surface area contributed by atoms with E-state index in [1.165, 1.54) is 0 Å². The second-order valence-corrected chi connectivity index (χ2v) is 6.07. The summed E-state index contributed by atoms with van der Waals surface area (Å²) in [5.41, 5.74) is 1.31. The summed E-state index contributed by atoms with van der Waals surface area (Å²) in [5.74, 6) is 2.28. The van der Waals surface area contributed by atoms with Crippen molar-refractivity contribution in [3.63, 3.8) is 0 Å². The van der Waals surface area contributed by atoms with Gasteiger partial charge >= 0.3 is 0 Å². The van der Waals surface area contributed by atoms with E-state index in [1.807, 2.05) is 30.3 Å². The highest BCUT2D eigenvalue weighted by Crippen LogP contribution is 2.22. The highest BCUT2D eigenvalue weighted by Gasteiger charge is 2.20. The minimum absolute atomic E-state index is 0.578. The maximum Gasteiger partial charge on any atom is 0.225 e. The molecule has 0 amide bonds. The molecule has 134 valence electrons. The summed E-state index contributed by atoms with van der Waals surface area (Å²) in [5, 5.41) is 12.4. The first kappa shape index (κ1) is 16.7. The van der Waals surface area contributed by atoms with Crippen LogP contribution in [0.15, 0.2) is 55.1 Å². The topological polar surface area (TPSA) is 93.9 Å². The van der Waals surface area contributed by atoms with Gasteiger partial charge in [0.1, 0.15) is 24.0 Å². The lowest BCUT2D eigenvalue weighted by Gasteiger charge is -2.35. The second-order valence-electron chi connectivity index (χ2n) is 6.07. The van der Waals surface area contributed by atoms with Crippen LogP contribution in [-0.2, 0) is 0 Å². The Morgan fingerprint density at radius 2 is 1.63 bits per heavy atom. The Morgan fingerprint density at radius 1 is 0.889 bits per heavy atom. The number of anilines is 4. The molecule has 0 aliphatic carbocycles. The van der Waals surface area contributed by atoms with Gasteiger partial charge in [0, 0.05) is 44.6 Å². The van der Waals surface area contributed by atoms with Crippen LogP contribution in [0.2, 0.25) is 0 Å². The zero-order chi connectivity index (χ0) is 18.5. The molecule has 2 aromatic heterocycles. The van der Waals surface area contributed by atoms with E-state index in [-0.39, 0.29) is 0 Å². The smallest absolute Gasteiger partial charge is 0.225 e. The van der Waals surface area contributed by atoms with E-state index in [2.05, 4.69) is 41.1 Å². The number of nitrogens with one attached hydrogen (secondary N) is 1. The molecule has 0 spiro atoms. The Kier molecular flexibility index (Phi) is 4.74. The van der Waals surface area contributed by atoms with Crippen LogP contribution in [0.1, 0.15) is 5.56 Å². The van der Waals surface area contributed by atoms with Crippen LogP contribution in [0.3, 0.4) is 0 Å². The summed E-state index contributed by atoms with van der Waals surface area (Å²) >= 11 is 0. The van der Waals surface area contributed by atoms with E-state index >= 15 is 0 Å². The van der Waals surface area contributed by atoms with Gasteiger partial charge in [0.2, 0.25) is 5.95 Å². The van der Waals surface area contributed by atoms with Crippen molar-refractivity contribution in [3.8, 4) is 6.07 Å². The summed E-state index contributed by atoms with van der Waals surface area (Å²) < 4.78 is 0. The third kappa shape index (κ3) is 3.77. The zero-order valence-electron chi connectivity index (χ0n) is 14.7. The average Bonchev–Trinajstić information content (AvgIpc) is 2.75. The molecule has 4 rings (SSSR count). The molecule has 3 aromatic rings. The number of benzene rings is 1. The number of para-hydroxylation sites is 1.